The number of ketones is 1. The predicted octanol–water partition coefficient (Wildman–Crippen LogP) is -1.67. The average Bonchev–Trinajstić information content (AvgIpc) is 2.97. The number of β-lactam (4-membered cyclic amide) rings is 2. The van der Waals surface area contributed by atoms with Crippen molar-refractivity contribution in [2.45, 2.75) is 70.9 Å². The Hall–Kier alpha value is -2.04. The van der Waals surface area contributed by atoms with Crippen LogP contribution in [-0.2, 0) is 19.2 Å². The van der Waals surface area contributed by atoms with Crippen molar-refractivity contribution in [1.29, 1.82) is 0 Å². The van der Waals surface area contributed by atoms with Gasteiger partial charge in [-0.25, -0.2) is 0 Å². The Morgan fingerprint density at radius 2 is 1.52 bits per heavy atom. The van der Waals surface area contributed by atoms with Crippen molar-refractivity contribution in [2.75, 3.05) is 26.2 Å². The highest BCUT2D eigenvalue weighted by molar-refractivity contribution is 6.01. The third kappa shape index (κ3) is 3.54. The normalized spacial score (nSPS) is 32.3. The first kappa shape index (κ1) is 23.6. The molecule has 0 aromatic rings. The van der Waals surface area contributed by atoms with E-state index in [4.69, 9.17) is 5.73 Å². The lowest BCUT2D eigenvalue weighted by molar-refractivity contribution is -0.175. The average molecular weight is 439 g/mol. The smallest absolute Gasteiger partial charge is 0.245 e. The van der Waals surface area contributed by atoms with Crippen molar-refractivity contribution in [3.05, 3.63) is 0 Å². The molecule has 4 N–H and O–H groups in total. The highest BCUT2D eigenvalue weighted by Gasteiger charge is 2.71. The summed E-state index contributed by atoms with van der Waals surface area (Å²) in [4.78, 5) is 55.1. The maximum Gasteiger partial charge on any atom is 0.245 e. The number of nitrogens with two attached hydrogens (primary N) is 1. The van der Waals surface area contributed by atoms with Gasteiger partial charge in [0, 0.05) is 26.2 Å². The van der Waals surface area contributed by atoms with E-state index in [0.29, 0.717) is 13.1 Å². The standard InChI is InChI=1S/C21H34N4O6/c1-11(2)6-23-8-20(9-24(18(20)30)16(14(5)28)17(22)29)7-21(23)10-25(19(21)31)15(12(3)26)13(4)27/h11-12,14-16,26,28H,6-10H2,1-5H3,(H2,22,29)/t12-,14-,15+,16+,20?,21?/m1/s1. The fraction of sp³-hybridized carbons (Fsp3) is 0.810. The van der Waals surface area contributed by atoms with Gasteiger partial charge in [0.1, 0.15) is 17.6 Å². The predicted molar refractivity (Wildman–Crippen MR) is 110 cm³/mol. The lowest BCUT2D eigenvalue weighted by Crippen LogP contribution is -2.76. The number of amides is 3. The Balaban J connectivity index is 1.85. The van der Waals surface area contributed by atoms with Crippen LogP contribution in [0.5, 0.6) is 0 Å². The molecule has 0 aromatic heterocycles. The van der Waals surface area contributed by atoms with E-state index in [1.54, 1.807) is 0 Å². The molecule has 174 valence electrons. The van der Waals surface area contributed by atoms with Crippen molar-refractivity contribution in [1.82, 2.24) is 14.7 Å². The van der Waals surface area contributed by atoms with Crippen LogP contribution in [0.1, 0.15) is 41.0 Å². The third-order valence-corrected chi connectivity index (χ3v) is 6.89. The van der Waals surface area contributed by atoms with Gasteiger partial charge in [0.05, 0.1) is 17.6 Å². The number of carbonyl (C=O) groups is 4. The van der Waals surface area contributed by atoms with Crippen LogP contribution in [0.25, 0.3) is 0 Å². The zero-order chi connectivity index (χ0) is 23.5. The van der Waals surface area contributed by atoms with Gasteiger partial charge in [0.2, 0.25) is 17.7 Å². The molecule has 3 heterocycles. The van der Waals surface area contributed by atoms with Crippen molar-refractivity contribution < 1.29 is 29.4 Å². The molecule has 31 heavy (non-hydrogen) atoms. The monoisotopic (exact) mass is 438 g/mol. The second kappa shape index (κ2) is 7.83. The number of nitrogens with zero attached hydrogens (tertiary/aromatic N) is 3. The molecule has 10 heteroatoms. The van der Waals surface area contributed by atoms with Crippen LogP contribution in [-0.4, -0.2) is 104 Å². The molecule has 3 fully saturated rings. The molecule has 2 spiro atoms. The number of hydrogen-bond acceptors (Lipinski definition) is 7. The van der Waals surface area contributed by atoms with E-state index < -0.39 is 41.2 Å². The van der Waals surface area contributed by atoms with E-state index in [9.17, 15) is 29.4 Å². The summed E-state index contributed by atoms with van der Waals surface area (Å²) in [7, 11) is 0. The van der Waals surface area contributed by atoms with E-state index in [1.807, 2.05) is 18.7 Å². The molecular weight excluding hydrogens is 404 g/mol. The Morgan fingerprint density at radius 1 is 0.968 bits per heavy atom. The van der Waals surface area contributed by atoms with Crippen LogP contribution in [0.15, 0.2) is 0 Å². The van der Waals surface area contributed by atoms with E-state index in [2.05, 4.69) is 0 Å². The zero-order valence-electron chi connectivity index (χ0n) is 18.9. The van der Waals surface area contributed by atoms with Crippen LogP contribution in [0, 0.1) is 11.3 Å². The van der Waals surface area contributed by atoms with Gasteiger partial charge in [0.25, 0.3) is 0 Å². The zero-order valence-corrected chi connectivity index (χ0v) is 18.9. The molecule has 0 aliphatic carbocycles. The molecule has 3 saturated heterocycles. The maximum absolute atomic E-state index is 13.4. The van der Waals surface area contributed by atoms with Crippen LogP contribution < -0.4 is 5.73 Å². The highest BCUT2D eigenvalue weighted by Crippen LogP contribution is 2.53. The lowest BCUT2D eigenvalue weighted by Gasteiger charge is -2.55. The number of aliphatic hydroxyl groups is 2. The first-order valence-electron chi connectivity index (χ1n) is 10.8. The Kier molecular flexibility index (Phi) is 5.96. The third-order valence-electron chi connectivity index (χ3n) is 6.89. The second-order valence-electron chi connectivity index (χ2n) is 10.0. The number of carbonyl (C=O) groups excluding carboxylic acids is 4. The van der Waals surface area contributed by atoms with Gasteiger partial charge in [-0.3, -0.25) is 24.1 Å². The molecule has 0 bridgehead atoms. The van der Waals surface area contributed by atoms with Crippen LogP contribution >= 0.6 is 0 Å². The fourth-order valence-corrected chi connectivity index (χ4v) is 5.74. The second-order valence-corrected chi connectivity index (χ2v) is 10.0. The van der Waals surface area contributed by atoms with Crippen molar-refractivity contribution >= 4 is 23.5 Å². The highest BCUT2D eigenvalue weighted by atomic mass is 16.3. The Labute approximate surface area is 182 Å². The van der Waals surface area contributed by atoms with Gasteiger partial charge < -0.3 is 25.7 Å². The quantitative estimate of drug-likeness (QED) is 0.384. The molecule has 3 aliphatic heterocycles. The largest absolute Gasteiger partial charge is 0.391 e. The van der Waals surface area contributed by atoms with Crippen molar-refractivity contribution in [3.8, 4) is 0 Å². The first-order valence-corrected chi connectivity index (χ1v) is 10.8. The number of rotatable bonds is 8. The molecule has 3 rings (SSSR count). The van der Waals surface area contributed by atoms with Gasteiger partial charge in [-0.15, -0.1) is 0 Å². The Bertz CT molecular complexity index is 799. The van der Waals surface area contributed by atoms with Crippen molar-refractivity contribution in [3.63, 3.8) is 0 Å². The van der Waals surface area contributed by atoms with Gasteiger partial charge >= 0.3 is 0 Å². The van der Waals surface area contributed by atoms with E-state index in [0.717, 1.165) is 0 Å². The van der Waals surface area contributed by atoms with Gasteiger partial charge in [-0.05, 0) is 33.1 Å². The summed E-state index contributed by atoms with van der Waals surface area (Å²) in [6, 6.07) is -2.00. The minimum Gasteiger partial charge on any atom is -0.391 e. The molecule has 0 radical (unpaired) electrons. The molecule has 0 aromatic carbocycles. The summed E-state index contributed by atoms with van der Waals surface area (Å²) < 4.78 is 0. The molecule has 2 unspecified atom stereocenters. The van der Waals surface area contributed by atoms with Crippen LogP contribution in [0.2, 0.25) is 0 Å². The number of hydrogen-bond donors (Lipinski definition) is 3. The van der Waals surface area contributed by atoms with Gasteiger partial charge in [0.15, 0.2) is 5.78 Å². The summed E-state index contributed by atoms with van der Waals surface area (Å²) in [5.41, 5.74) is 3.67. The molecule has 10 nitrogen and oxygen atoms in total. The van der Waals surface area contributed by atoms with E-state index in [1.165, 1.54) is 30.6 Å². The van der Waals surface area contributed by atoms with Crippen LogP contribution in [0.4, 0.5) is 0 Å². The summed E-state index contributed by atoms with van der Waals surface area (Å²) in [5, 5.41) is 19.9. The molecule has 3 aliphatic rings. The molecule has 0 saturated carbocycles. The van der Waals surface area contributed by atoms with E-state index >= 15 is 0 Å². The Morgan fingerprint density at radius 3 is 1.90 bits per heavy atom. The SMILES string of the molecule is CC(=O)[C@H]([C@@H](C)O)N1CC2(CC3(CN([C@H](C(N)=O)[C@@H](C)O)C3=O)CN2CC(C)C)C1=O. The topological polar surface area (TPSA) is 144 Å². The minimum atomic E-state index is -1.10. The summed E-state index contributed by atoms with van der Waals surface area (Å²) in [6.45, 7) is 9.77. The maximum atomic E-state index is 13.4. The fourth-order valence-electron chi connectivity index (χ4n) is 5.74. The first-order chi connectivity index (χ1) is 14.3. The summed E-state index contributed by atoms with van der Waals surface area (Å²) >= 11 is 0. The number of Topliss-reactive ketones (excluding diaryl/α,β-unsaturated/α-hetero) is 1. The molecule has 3 amide bonds. The molecular formula is C21H34N4O6. The molecule has 6 atom stereocenters. The van der Waals surface area contributed by atoms with Gasteiger partial charge in [-0.2, -0.15) is 0 Å². The number of primary amides is 1. The number of aliphatic hydroxyl groups excluding tert-OH is 2. The van der Waals surface area contributed by atoms with Gasteiger partial charge in [-0.1, -0.05) is 13.8 Å². The van der Waals surface area contributed by atoms with Crippen LogP contribution in [0.3, 0.4) is 0 Å². The summed E-state index contributed by atoms with van der Waals surface area (Å²) in [6.07, 6.45) is -1.80. The van der Waals surface area contributed by atoms with Crippen molar-refractivity contribution in [2.24, 2.45) is 17.1 Å². The minimum absolute atomic E-state index is 0.237. The van der Waals surface area contributed by atoms with E-state index in [-0.39, 0.29) is 43.0 Å². The lowest BCUT2D eigenvalue weighted by atomic mass is 9.70. The number of likely N-dealkylation sites (tertiary alicyclic amines) is 3. The summed E-state index contributed by atoms with van der Waals surface area (Å²) in [5.74, 6) is -1.34.